The van der Waals surface area contributed by atoms with Crippen LogP contribution in [0.25, 0.3) is 0 Å². The van der Waals surface area contributed by atoms with Gasteiger partial charge in [0.1, 0.15) is 17.5 Å². The molecule has 5 nitrogen and oxygen atoms in total. The molecule has 2 N–H and O–H groups in total. The summed E-state index contributed by atoms with van der Waals surface area (Å²) in [4.78, 5) is 11.1. The second-order valence-corrected chi connectivity index (χ2v) is 5.34. The minimum atomic E-state index is -0.622. The number of rotatable bonds is 2. The molecule has 100 valence electrons. The molecule has 0 amide bonds. The Kier molecular flexibility index (Phi) is 3.43. The molecule has 1 atom stereocenters. The van der Waals surface area contributed by atoms with Crippen LogP contribution in [0.5, 0.6) is 0 Å². The van der Waals surface area contributed by atoms with Crippen LogP contribution in [0.1, 0.15) is 31.2 Å². The highest BCUT2D eigenvalue weighted by Gasteiger charge is 2.30. The summed E-state index contributed by atoms with van der Waals surface area (Å²) in [6, 6.07) is 0. The predicted molar refractivity (Wildman–Crippen MR) is 73.1 cm³/mol. The second kappa shape index (κ2) is 4.72. The van der Waals surface area contributed by atoms with Gasteiger partial charge in [-0.2, -0.15) is 0 Å². The molecule has 2 heterocycles. The molecule has 1 fully saturated rings. The van der Waals surface area contributed by atoms with Crippen molar-refractivity contribution in [1.29, 1.82) is 0 Å². The van der Waals surface area contributed by atoms with Crippen LogP contribution in [0.3, 0.4) is 0 Å². The van der Waals surface area contributed by atoms with Crippen molar-refractivity contribution < 1.29 is 5.11 Å². The Labute approximate surface area is 108 Å². The van der Waals surface area contributed by atoms with E-state index in [1.54, 1.807) is 0 Å². The molecular weight excluding hydrogens is 228 g/mol. The Balaban J connectivity index is 2.35. The van der Waals surface area contributed by atoms with E-state index in [1.807, 2.05) is 27.8 Å². The second-order valence-electron chi connectivity index (χ2n) is 5.34. The molecular formula is C13H22N4O. The number of piperidine rings is 1. The maximum Gasteiger partial charge on any atom is 0.137 e. The molecule has 0 saturated carbocycles. The fraction of sp³-hybridized carbons (Fsp3) is 0.692. The highest BCUT2D eigenvalue weighted by Crippen LogP contribution is 2.29. The van der Waals surface area contributed by atoms with Gasteiger partial charge in [0.05, 0.1) is 5.60 Å². The van der Waals surface area contributed by atoms with Crippen molar-refractivity contribution in [2.75, 3.05) is 30.4 Å². The summed E-state index contributed by atoms with van der Waals surface area (Å²) in [5.41, 5.74) is 0.421. The molecule has 18 heavy (non-hydrogen) atoms. The van der Waals surface area contributed by atoms with Gasteiger partial charge in [-0.1, -0.05) is 0 Å². The van der Waals surface area contributed by atoms with Gasteiger partial charge in [-0.25, -0.2) is 9.97 Å². The Morgan fingerprint density at radius 3 is 2.67 bits per heavy atom. The fourth-order valence-corrected chi connectivity index (χ4v) is 2.57. The zero-order chi connectivity index (χ0) is 13.3. The first kappa shape index (κ1) is 13.1. The lowest BCUT2D eigenvalue weighted by atomic mass is 9.95. The summed E-state index contributed by atoms with van der Waals surface area (Å²) in [5, 5.41) is 13.3. The number of anilines is 2. The summed E-state index contributed by atoms with van der Waals surface area (Å²) < 4.78 is 0. The summed E-state index contributed by atoms with van der Waals surface area (Å²) in [6.45, 7) is 7.38. The summed E-state index contributed by atoms with van der Waals surface area (Å²) in [6.07, 6.45) is 1.84. The molecule has 0 aromatic carbocycles. The first-order valence-corrected chi connectivity index (χ1v) is 6.43. The summed E-state index contributed by atoms with van der Waals surface area (Å²) in [7, 11) is 1.87. The molecule has 0 spiro atoms. The van der Waals surface area contributed by atoms with Crippen molar-refractivity contribution in [3.8, 4) is 0 Å². The van der Waals surface area contributed by atoms with E-state index in [4.69, 9.17) is 0 Å². The van der Waals surface area contributed by atoms with Gasteiger partial charge < -0.3 is 15.3 Å². The zero-order valence-corrected chi connectivity index (χ0v) is 11.6. The molecule has 1 saturated heterocycles. The number of nitrogens with zero attached hydrogens (tertiary/aromatic N) is 3. The van der Waals surface area contributed by atoms with E-state index < -0.39 is 5.60 Å². The van der Waals surface area contributed by atoms with Crippen molar-refractivity contribution in [2.45, 2.75) is 39.2 Å². The van der Waals surface area contributed by atoms with Crippen LogP contribution < -0.4 is 10.2 Å². The average molecular weight is 250 g/mol. The number of nitrogens with one attached hydrogen (secondary N) is 1. The van der Waals surface area contributed by atoms with Gasteiger partial charge in [0, 0.05) is 25.7 Å². The molecule has 0 radical (unpaired) electrons. The van der Waals surface area contributed by atoms with Crippen LogP contribution in [0, 0.1) is 13.8 Å². The van der Waals surface area contributed by atoms with Crippen LogP contribution in [-0.4, -0.2) is 40.8 Å². The van der Waals surface area contributed by atoms with Crippen LogP contribution in [0.2, 0.25) is 0 Å². The van der Waals surface area contributed by atoms with E-state index in [0.29, 0.717) is 6.54 Å². The van der Waals surface area contributed by atoms with Crippen LogP contribution >= 0.6 is 0 Å². The Morgan fingerprint density at radius 1 is 1.33 bits per heavy atom. The van der Waals surface area contributed by atoms with Gasteiger partial charge in [0.15, 0.2) is 0 Å². The number of β-amino-alcohol motifs (C(OH)–C–C–N with tert-alkyl or cyclic N) is 1. The summed E-state index contributed by atoms with van der Waals surface area (Å²) in [5.74, 6) is 2.56. The van der Waals surface area contributed by atoms with E-state index in [2.05, 4.69) is 20.2 Å². The standard InChI is InChI=1S/C13H22N4O/c1-9-11(14-4)15-10(2)16-12(9)17-7-5-6-13(3,18)8-17/h18H,5-8H2,1-4H3,(H,14,15,16). The fourth-order valence-electron chi connectivity index (χ4n) is 2.57. The molecule has 1 aliphatic rings. The molecule has 0 aliphatic carbocycles. The smallest absolute Gasteiger partial charge is 0.137 e. The zero-order valence-electron chi connectivity index (χ0n) is 11.6. The maximum absolute atomic E-state index is 10.2. The van der Waals surface area contributed by atoms with Gasteiger partial charge >= 0.3 is 0 Å². The van der Waals surface area contributed by atoms with E-state index in [0.717, 1.165) is 42.4 Å². The Morgan fingerprint density at radius 2 is 2.06 bits per heavy atom. The van der Waals surface area contributed by atoms with Gasteiger partial charge in [0.2, 0.25) is 0 Å². The van der Waals surface area contributed by atoms with E-state index in [9.17, 15) is 5.11 Å². The minimum Gasteiger partial charge on any atom is -0.388 e. The third-order valence-corrected chi connectivity index (χ3v) is 3.44. The van der Waals surface area contributed by atoms with Crippen LogP contribution in [0.4, 0.5) is 11.6 Å². The molecule has 1 aromatic heterocycles. The monoisotopic (exact) mass is 250 g/mol. The lowest BCUT2D eigenvalue weighted by Crippen LogP contribution is -2.46. The summed E-state index contributed by atoms with van der Waals surface area (Å²) >= 11 is 0. The molecule has 1 aromatic rings. The van der Waals surface area contributed by atoms with Crippen molar-refractivity contribution in [3.05, 3.63) is 11.4 Å². The molecule has 5 heteroatoms. The number of aliphatic hydroxyl groups is 1. The third-order valence-electron chi connectivity index (χ3n) is 3.44. The number of aryl methyl sites for hydroxylation is 1. The quantitative estimate of drug-likeness (QED) is 0.832. The topological polar surface area (TPSA) is 61.3 Å². The number of hydrogen-bond donors (Lipinski definition) is 2. The molecule has 1 aliphatic heterocycles. The normalized spacial score (nSPS) is 24.2. The van der Waals surface area contributed by atoms with Gasteiger partial charge in [0.25, 0.3) is 0 Å². The first-order valence-electron chi connectivity index (χ1n) is 6.43. The van der Waals surface area contributed by atoms with Gasteiger partial charge in [-0.05, 0) is 33.6 Å². The Bertz CT molecular complexity index is 445. The minimum absolute atomic E-state index is 0.622. The lowest BCUT2D eigenvalue weighted by molar-refractivity contribution is 0.0446. The van der Waals surface area contributed by atoms with E-state index in [-0.39, 0.29) is 0 Å². The van der Waals surface area contributed by atoms with Crippen molar-refractivity contribution in [2.24, 2.45) is 0 Å². The van der Waals surface area contributed by atoms with Crippen LogP contribution in [-0.2, 0) is 0 Å². The molecule has 1 unspecified atom stereocenters. The highest BCUT2D eigenvalue weighted by atomic mass is 16.3. The van der Waals surface area contributed by atoms with Crippen LogP contribution in [0.15, 0.2) is 0 Å². The third kappa shape index (κ3) is 2.56. The SMILES string of the molecule is CNc1nc(C)nc(N2CCCC(C)(O)C2)c1C. The predicted octanol–water partition coefficient (Wildman–Crippen LogP) is 1.49. The highest BCUT2D eigenvalue weighted by molar-refractivity contribution is 5.58. The average Bonchev–Trinajstić information content (AvgIpc) is 2.30. The van der Waals surface area contributed by atoms with E-state index in [1.165, 1.54) is 0 Å². The lowest BCUT2D eigenvalue weighted by Gasteiger charge is -2.38. The molecule has 0 bridgehead atoms. The first-order chi connectivity index (χ1) is 8.43. The van der Waals surface area contributed by atoms with Gasteiger partial charge in [-0.15, -0.1) is 0 Å². The van der Waals surface area contributed by atoms with Crippen molar-refractivity contribution >= 4 is 11.6 Å². The van der Waals surface area contributed by atoms with Crippen molar-refractivity contribution in [3.63, 3.8) is 0 Å². The Hall–Kier alpha value is -1.36. The van der Waals surface area contributed by atoms with E-state index >= 15 is 0 Å². The van der Waals surface area contributed by atoms with Gasteiger partial charge in [-0.3, -0.25) is 0 Å². The largest absolute Gasteiger partial charge is 0.388 e. The van der Waals surface area contributed by atoms with Crippen molar-refractivity contribution in [1.82, 2.24) is 9.97 Å². The number of hydrogen-bond acceptors (Lipinski definition) is 5. The maximum atomic E-state index is 10.2. The molecule has 2 rings (SSSR count). The number of aromatic nitrogens is 2.